The third kappa shape index (κ3) is 3.79. The molecule has 2 N–H and O–H groups in total. The highest BCUT2D eigenvalue weighted by Gasteiger charge is 2.28. The van der Waals surface area contributed by atoms with Gasteiger partial charge in [-0.1, -0.05) is 49.6 Å². The number of nitrogens with two attached hydrogens (primary N) is 1. The minimum atomic E-state index is -1.03. The largest absolute Gasteiger partial charge is 0.378 e. The second kappa shape index (κ2) is 6.70. The first-order chi connectivity index (χ1) is 9.24. The lowest BCUT2D eigenvalue weighted by molar-refractivity contribution is 0.0623. The molecular formula is C16H22N2O. The van der Waals surface area contributed by atoms with Crippen molar-refractivity contribution in [3.8, 4) is 6.07 Å². The average molecular weight is 258 g/mol. The van der Waals surface area contributed by atoms with Crippen LogP contribution in [0.2, 0.25) is 0 Å². The molecule has 1 unspecified atom stereocenters. The van der Waals surface area contributed by atoms with Crippen molar-refractivity contribution in [2.75, 3.05) is 13.2 Å². The van der Waals surface area contributed by atoms with Gasteiger partial charge in [0.25, 0.3) is 0 Å². The molecule has 1 aromatic carbocycles. The van der Waals surface area contributed by atoms with Gasteiger partial charge in [-0.05, 0) is 24.3 Å². The zero-order valence-electron chi connectivity index (χ0n) is 11.3. The minimum Gasteiger partial charge on any atom is -0.378 e. The molecule has 0 radical (unpaired) electrons. The molecule has 2 rings (SSSR count). The first kappa shape index (κ1) is 14.0. The Labute approximate surface area is 115 Å². The van der Waals surface area contributed by atoms with E-state index < -0.39 is 5.54 Å². The zero-order valence-corrected chi connectivity index (χ0v) is 11.3. The van der Waals surface area contributed by atoms with Crippen molar-refractivity contribution in [2.45, 2.75) is 37.6 Å². The third-order valence-corrected chi connectivity index (χ3v) is 3.90. The number of nitriles is 1. The van der Waals surface area contributed by atoms with Crippen LogP contribution in [-0.2, 0) is 10.3 Å². The van der Waals surface area contributed by atoms with Crippen LogP contribution in [0, 0.1) is 17.2 Å². The number of rotatable bonds is 5. The monoisotopic (exact) mass is 258 g/mol. The Morgan fingerprint density at radius 3 is 2.53 bits per heavy atom. The van der Waals surface area contributed by atoms with Crippen molar-refractivity contribution in [1.29, 1.82) is 5.26 Å². The molecule has 102 valence electrons. The van der Waals surface area contributed by atoms with Gasteiger partial charge < -0.3 is 10.5 Å². The van der Waals surface area contributed by atoms with Crippen molar-refractivity contribution in [3.05, 3.63) is 35.9 Å². The summed E-state index contributed by atoms with van der Waals surface area (Å²) in [5, 5.41) is 9.32. The highest BCUT2D eigenvalue weighted by molar-refractivity contribution is 5.30. The van der Waals surface area contributed by atoms with Crippen LogP contribution in [0.5, 0.6) is 0 Å². The lowest BCUT2D eigenvalue weighted by Crippen LogP contribution is -2.40. The van der Waals surface area contributed by atoms with Crippen molar-refractivity contribution in [3.63, 3.8) is 0 Å². The van der Waals surface area contributed by atoms with Crippen molar-refractivity contribution in [1.82, 2.24) is 0 Å². The molecule has 0 aromatic heterocycles. The second-order valence-corrected chi connectivity index (χ2v) is 5.47. The zero-order chi connectivity index (χ0) is 13.6. The predicted molar refractivity (Wildman–Crippen MR) is 75.3 cm³/mol. The maximum absolute atomic E-state index is 9.32. The standard InChI is InChI=1S/C16H22N2O/c17-12-16(18,15-9-5-2-6-10-15)13-19-11-14-7-3-1-4-8-14/h2,5-6,9-10,14H,1,3-4,7-8,11,13,18H2. The quantitative estimate of drug-likeness (QED) is 0.883. The number of hydrogen-bond acceptors (Lipinski definition) is 3. The number of nitrogens with zero attached hydrogens (tertiary/aromatic N) is 1. The molecule has 0 amide bonds. The lowest BCUT2D eigenvalue weighted by atomic mass is 9.90. The van der Waals surface area contributed by atoms with E-state index in [1.54, 1.807) is 0 Å². The van der Waals surface area contributed by atoms with Crippen LogP contribution in [0.3, 0.4) is 0 Å². The molecule has 0 spiro atoms. The van der Waals surface area contributed by atoms with E-state index in [2.05, 4.69) is 6.07 Å². The Hall–Kier alpha value is -1.37. The topological polar surface area (TPSA) is 59.0 Å². The van der Waals surface area contributed by atoms with E-state index in [0.29, 0.717) is 5.92 Å². The van der Waals surface area contributed by atoms with Crippen LogP contribution >= 0.6 is 0 Å². The molecule has 1 aliphatic rings. The van der Waals surface area contributed by atoms with Crippen LogP contribution < -0.4 is 5.73 Å². The van der Waals surface area contributed by atoms with Crippen LogP contribution in [0.1, 0.15) is 37.7 Å². The Kier molecular flexibility index (Phi) is 4.95. The SMILES string of the molecule is N#CC(N)(COCC1CCCCC1)c1ccccc1. The van der Waals surface area contributed by atoms with Gasteiger partial charge in [0, 0.05) is 6.61 Å². The lowest BCUT2D eigenvalue weighted by Gasteiger charge is -2.25. The van der Waals surface area contributed by atoms with Gasteiger partial charge in [0.05, 0.1) is 12.7 Å². The molecule has 19 heavy (non-hydrogen) atoms. The van der Waals surface area contributed by atoms with Crippen molar-refractivity contribution >= 4 is 0 Å². The summed E-state index contributed by atoms with van der Waals surface area (Å²) in [5.41, 5.74) is 5.94. The van der Waals surface area contributed by atoms with E-state index in [1.165, 1.54) is 32.1 Å². The normalized spacial score (nSPS) is 19.6. The highest BCUT2D eigenvalue weighted by Crippen LogP contribution is 2.24. The molecule has 0 bridgehead atoms. The van der Waals surface area contributed by atoms with E-state index >= 15 is 0 Å². The molecule has 0 aliphatic heterocycles. The summed E-state index contributed by atoms with van der Waals surface area (Å²) in [4.78, 5) is 0. The Balaban J connectivity index is 1.87. The fourth-order valence-corrected chi connectivity index (χ4v) is 2.66. The molecular weight excluding hydrogens is 236 g/mol. The third-order valence-electron chi connectivity index (χ3n) is 3.90. The summed E-state index contributed by atoms with van der Waals surface area (Å²) in [6.07, 6.45) is 6.45. The minimum absolute atomic E-state index is 0.268. The summed E-state index contributed by atoms with van der Waals surface area (Å²) in [6.45, 7) is 0.997. The number of ether oxygens (including phenoxy) is 1. The molecule has 1 fully saturated rings. The molecule has 0 saturated heterocycles. The van der Waals surface area contributed by atoms with E-state index in [0.717, 1.165) is 12.2 Å². The second-order valence-electron chi connectivity index (χ2n) is 5.47. The molecule has 1 saturated carbocycles. The molecule has 3 nitrogen and oxygen atoms in total. The Morgan fingerprint density at radius 1 is 1.21 bits per heavy atom. The van der Waals surface area contributed by atoms with E-state index in [1.807, 2.05) is 30.3 Å². The van der Waals surface area contributed by atoms with E-state index in [-0.39, 0.29) is 6.61 Å². The summed E-state index contributed by atoms with van der Waals surface area (Å²) < 4.78 is 5.74. The molecule has 0 heterocycles. The van der Waals surface area contributed by atoms with Gasteiger partial charge in [-0.3, -0.25) is 0 Å². The van der Waals surface area contributed by atoms with Gasteiger partial charge in [-0.25, -0.2) is 0 Å². The van der Waals surface area contributed by atoms with Crippen molar-refractivity contribution in [2.24, 2.45) is 11.7 Å². The number of benzene rings is 1. The average Bonchev–Trinajstić information content (AvgIpc) is 2.49. The smallest absolute Gasteiger partial charge is 0.153 e. The molecule has 1 aliphatic carbocycles. The first-order valence-corrected chi connectivity index (χ1v) is 7.08. The highest BCUT2D eigenvalue weighted by atomic mass is 16.5. The predicted octanol–water partition coefficient (Wildman–Crippen LogP) is 2.96. The summed E-state index contributed by atoms with van der Waals surface area (Å²) in [5.74, 6) is 0.646. The first-order valence-electron chi connectivity index (χ1n) is 7.08. The summed E-state index contributed by atoms with van der Waals surface area (Å²) in [7, 11) is 0. The molecule has 3 heteroatoms. The van der Waals surface area contributed by atoms with Crippen LogP contribution in [0.15, 0.2) is 30.3 Å². The van der Waals surface area contributed by atoms with Crippen LogP contribution in [0.4, 0.5) is 0 Å². The van der Waals surface area contributed by atoms with Crippen LogP contribution in [-0.4, -0.2) is 13.2 Å². The summed E-state index contributed by atoms with van der Waals surface area (Å²) >= 11 is 0. The van der Waals surface area contributed by atoms with Gasteiger partial charge in [0.2, 0.25) is 0 Å². The van der Waals surface area contributed by atoms with E-state index in [9.17, 15) is 5.26 Å². The fraction of sp³-hybridized carbons (Fsp3) is 0.562. The Bertz CT molecular complexity index is 420. The molecule has 1 aromatic rings. The molecule has 1 atom stereocenters. The van der Waals surface area contributed by atoms with Gasteiger partial charge in [0.15, 0.2) is 5.54 Å². The fourth-order valence-electron chi connectivity index (χ4n) is 2.66. The van der Waals surface area contributed by atoms with Crippen LogP contribution in [0.25, 0.3) is 0 Å². The van der Waals surface area contributed by atoms with E-state index in [4.69, 9.17) is 10.5 Å². The maximum Gasteiger partial charge on any atom is 0.153 e. The summed E-state index contributed by atoms with van der Waals surface area (Å²) in [6, 6.07) is 11.7. The Morgan fingerprint density at radius 2 is 1.89 bits per heavy atom. The van der Waals surface area contributed by atoms with Crippen molar-refractivity contribution < 1.29 is 4.74 Å². The van der Waals surface area contributed by atoms with Gasteiger partial charge in [-0.15, -0.1) is 0 Å². The van der Waals surface area contributed by atoms with Gasteiger partial charge in [0.1, 0.15) is 0 Å². The van der Waals surface area contributed by atoms with Gasteiger partial charge in [-0.2, -0.15) is 5.26 Å². The van der Waals surface area contributed by atoms with Gasteiger partial charge >= 0.3 is 0 Å². The maximum atomic E-state index is 9.32. The number of hydrogen-bond donors (Lipinski definition) is 1.